The molecular formula is C18H19BrN2O3. The van der Waals surface area contributed by atoms with Gasteiger partial charge in [0.25, 0.3) is 5.91 Å². The van der Waals surface area contributed by atoms with Gasteiger partial charge in [-0.3, -0.25) is 4.79 Å². The monoisotopic (exact) mass is 390 g/mol. The van der Waals surface area contributed by atoms with Crippen LogP contribution in [0.2, 0.25) is 0 Å². The van der Waals surface area contributed by atoms with Crippen molar-refractivity contribution in [3.8, 4) is 0 Å². The number of piperidine rings is 1. The third-order valence-electron chi connectivity index (χ3n) is 4.41. The fourth-order valence-corrected chi connectivity index (χ4v) is 3.38. The van der Waals surface area contributed by atoms with E-state index in [-0.39, 0.29) is 17.9 Å². The number of aromatic nitrogens is 1. The van der Waals surface area contributed by atoms with Crippen molar-refractivity contribution < 1.29 is 14.3 Å². The van der Waals surface area contributed by atoms with Gasteiger partial charge in [0, 0.05) is 35.4 Å². The number of amides is 1. The Labute approximate surface area is 149 Å². The van der Waals surface area contributed by atoms with Crippen LogP contribution in [0.3, 0.4) is 0 Å². The third kappa shape index (κ3) is 3.38. The van der Waals surface area contributed by atoms with E-state index in [1.807, 2.05) is 46.0 Å². The minimum absolute atomic E-state index is 0.0571. The molecule has 0 unspecified atom stereocenters. The van der Waals surface area contributed by atoms with Gasteiger partial charge in [-0.2, -0.15) is 0 Å². The molecule has 1 aliphatic heterocycles. The van der Waals surface area contributed by atoms with Gasteiger partial charge in [0.05, 0.1) is 7.11 Å². The van der Waals surface area contributed by atoms with Crippen molar-refractivity contribution in [3.05, 3.63) is 58.3 Å². The van der Waals surface area contributed by atoms with E-state index in [0.717, 1.165) is 17.3 Å². The number of carbonyl (C=O) groups is 2. The number of likely N-dealkylation sites (tertiary alicyclic amines) is 1. The highest BCUT2D eigenvalue weighted by molar-refractivity contribution is 9.10. The van der Waals surface area contributed by atoms with Crippen LogP contribution in [0.15, 0.2) is 47.1 Å². The summed E-state index contributed by atoms with van der Waals surface area (Å²) in [5, 5.41) is 0. The molecule has 0 saturated carbocycles. The summed E-state index contributed by atoms with van der Waals surface area (Å²) >= 11 is 3.38. The maximum atomic E-state index is 12.6. The third-order valence-corrected chi connectivity index (χ3v) is 4.94. The van der Waals surface area contributed by atoms with Crippen molar-refractivity contribution in [1.29, 1.82) is 0 Å². The SMILES string of the molecule is COC(=O)c1cccn1C1CCN(C(=O)c2ccc(Br)cc2)CC1. The molecule has 0 bridgehead atoms. The number of hydrogen-bond acceptors (Lipinski definition) is 3. The first-order valence-corrected chi connectivity index (χ1v) is 8.69. The summed E-state index contributed by atoms with van der Waals surface area (Å²) < 4.78 is 7.75. The van der Waals surface area contributed by atoms with Crippen LogP contribution in [-0.4, -0.2) is 41.5 Å². The van der Waals surface area contributed by atoms with Crippen LogP contribution in [0.25, 0.3) is 0 Å². The fourth-order valence-electron chi connectivity index (χ4n) is 3.11. The number of rotatable bonds is 3. The van der Waals surface area contributed by atoms with Crippen molar-refractivity contribution in [3.63, 3.8) is 0 Å². The lowest BCUT2D eigenvalue weighted by Gasteiger charge is -2.33. The highest BCUT2D eigenvalue weighted by Gasteiger charge is 2.26. The van der Waals surface area contributed by atoms with Crippen molar-refractivity contribution in [2.45, 2.75) is 18.9 Å². The van der Waals surface area contributed by atoms with Gasteiger partial charge in [0.15, 0.2) is 0 Å². The second-order valence-electron chi connectivity index (χ2n) is 5.82. The van der Waals surface area contributed by atoms with E-state index in [0.29, 0.717) is 24.3 Å². The lowest BCUT2D eigenvalue weighted by Crippen LogP contribution is -2.39. The summed E-state index contributed by atoms with van der Waals surface area (Å²) in [7, 11) is 1.39. The lowest BCUT2D eigenvalue weighted by atomic mass is 10.0. The second kappa shape index (κ2) is 7.21. The minimum atomic E-state index is -0.326. The summed E-state index contributed by atoms with van der Waals surface area (Å²) in [6.45, 7) is 1.36. The van der Waals surface area contributed by atoms with Crippen LogP contribution in [-0.2, 0) is 4.74 Å². The van der Waals surface area contributed by atoms with Crippen LogP contribution in [0.5, 0.6) is 0 Å². The molecule has 1 aromatic heterocycles. The summed E-state index contributed by atoms with van der Waals surface area (Å²) in [5.74, 6) is -0.269. The molecule has 0 atom stereocenters. The summed E-state index contributed by atoms with van der Waals surface area (Å²) in [6.07, 6.45) is 3.55. The topological polar surface area (TPSA) is 51.5 Å². The molecule has 1 amide bonds. The molecule has 6 heteroatoms. The van der Waals surface area contributed by atoms with Crippen LogP contribution in [0.4, 0.5) is 0 Å². The molecule has 126 valence electrons. The average Bonchev–Trinajstić information content (AvgIpc) is 3.11. The van der Waals surface area contributed by atoms with Gasteiger partial charge >= 0.3 is 5.97 Å². The van der Waals surface area contributed by atoms with Crippen LogP contribution >= 0.6 is 15.9 Å². The molecule has 1 fully saturated rings. The zero-order valence-corrected chi connectivity index (χ0v) is 15.0. The molecule has 1 aromatic carbocycles. The van der Waals surface area contributed by atoms with Gasteiger partial charge in [-0.15, -0.1) is 0 Å². The predicted molar refractivity (Wildman–Crippen MR) is 94.1 cm³/mol. The molecule has 0 aliphatic carbocycles. The first-order valence-electron chi connectivity index (χ1n) is 7.90. The number of ether oxygens (including phenoxy) is 1. The molecule has 24 heavy (non-hydrogen) atoms. The molecule has 2 aromatic rings. The maximum Gasteiger partial charge on any atom is 0.354 e. The van der Waals surface area contributed by atoms with Crippen LogP contribution in [0, 0.1) is 0 Å². The van der Waals surface area contributed by atoms with Gasteiger partial charge in [-0.1, -0.05) is 15.9 Å². The van der Waals surface area contributed by atoms with Crippen LogP contribution in [0.1, 0.15) is 39.7 Å². The smallest absolute Gasteiger partial charge is 0.354 e. The molecule has 2 heterocycles. The summed E-state index contributed by atoms with van der Waals surface area (Å²) in [5.41, 5.74) is 1.27. The summed E-state index contributed by atoms with van der Waals surface area (Å²) in [4.78, 5) is 26.2. The predicted octanol–water partition coefficient (Wildman–Crippen LogP) is 3.51. The zero-order valence-electron chi connectivity index (χ0n) is 13.4. The van der Waals surface area contributed by atoms with E-state index in [1.54, 1.807) is 6.07 Å². The standard InChI is InChI=1S/C18H19BrN2O3/c1-24-18(23)16-3-2-10-21(16)15-8-11-20(12-9-15)17(22)13-4-6-14(19)7-5-13/h2-7,10,15H,8-9,11-12H2,1H3. The average molecular weight is 391 g/mol. The molecule has 1 aliphatic rings. The Balaban J connectivity index is 1.66. The Kier molecular flexibility index (Phi) is 5.04. The number of halogens is 1. The molecule has 0 N–H and O–H groups in total. The van der Waals surface area contributed by atoms with Crippen molar-refractivity contribution in [1.82, 2.24) is 9.47 Å². The number of benzene rings is 1. The second-order valence-corrected chi connectivity index (χ2v) is 6.74. The van der Waals surface area contributed by atoms with Gasteiger partial charge in [-0.05, 0) is 49.2 Å². The fraction of sp³-hybridized carbons (Fsp3) is 0.333. The number of hydrogen-bond donors (Lipinski definition) is 0. The van der Waals surface area contributed by atoms with Gasteiger partial charge in [-0.25, -0.2) is 4.79 Å². The Hall–Kier alpha value is -2.08. The van der Waals surface area contributed by atoms with E-state index in [1.165, 1.54) is 7.11 Å². The molecule has 1 saturated heterocycles. The van der Waals surface area contributed by atoms with E-state index in [2.05, 4.69) is 15.9 Å². The van der Waals surface area contributed by atoms with E-state index in [9.17, 15) is 9.59 Å². The van der Waals surface area contributed by atoms with Gasteiger partial charge in [0.2, 0.25) is 0 Å². The maximum absolute atomic E-state index is 12.6. The number of carbonyl (C=O) groups excluding carboxylic acids is 2. The number of methoxy groups -OCH3 is 1. The molecule has 0 radical (unpaired) electrons. The highest BCUT2D eigenvalue weighted by Crippen LogP contribution is 2.26. The first kappa shape index (κ1) is 16.8. The molecule has 5 nitrogen and oxygen atoms in total. The van der Waals surface area contributed by atoms with Gasteiger partial charge < -0.3 is 14.2 Å². The van der Waals surface area contributed by atoms with Gasteiger partial charge in [0.1, 0.15) is 5.69 Å². The Morgan fingerprint density at radius 3 is 2.42 bits per heavy atom. The van der Waals surface area contributed by atoms with Crippen molar-refractivity contribution in [2.24, 2.45) is 0 Å². The van der Waals surface area contributed by atoms with E-state index in [4.69, 9.17) is 4.74 Å². The minimum Gasteiger partial charge on any atom is -0.464 e. The normalized spacial score (nSPS) is 15.3. The molecule has 3 rings (SSSR count). The largest absolute Gasteiger partial charge is 0.464 e. The quantitative estimate of drug-likeness (QED) is 0.753. The highest BCUT2D eigenvalue weighted by atomic mass is 79.9. The zero-order chi connectivity index (χ0) is 17.1. The lowest BCUT2D eigenvalue weighted by molar-refractivity contribution is 0.0573. The Morgan fingerprint density at radius 2 is 1.79 bits per heavy atom. The molecule has 0 spiro atoms. The summed E-state index contributed by atoms with van der Waals surface area (Å²) in [6, 6.07) is 11.3. The molecular weight excluding hydrogens is 372 g/mol. The van der Waals surface area contributed by atoms with Crippen molar-refractivity contribution in [2.75, 3.05) is 20.2 Å². The number of nitrogens with zero attached hydrogens (tertiary/aromatic N) is 2. The number of esters is 1. The van der Waals surface area contributed by atoms with Crippen molar-refractivity contribution >= 4 is 27.8 Å². The Bertz CT molecular complexity index is 731. The van der Waals surface area contributed by atoms with Crippen LogP contribution < -0.4 is 0 Å². The van der Waals surface area contributed by atoms with E-state index < -0.39 is 0 Å². The first-order chi connectivity index (χ1) is 11.6. The Morgan fingerprint density at radius 1 is 1.12 bits per heavy atom. The van der Waals surface area contributed by atoms with E-state index >= 15 is 0 Å².